The minimum Gasteiger partial charge on any atom is -0.343 e. The molecule has 0 spiro atoms. The van der Waals surface area contributed by atoms with Crippen molar-refractivity contribution in [2.45, 2.75) is 56.4 Å². The molecule has 0 unspecified atom stereocenters. The quantitative estimate of drug-likeness (QED) is 0.267. The first-order valence-electron chi connectivity index (χ1n) is 14.0. The van der Waals surface area contributed by atoms with Crippen LogP contribution in [-0.2, 0) is 22.6 Å². The SMILES string of the molecule is Cc1cc(C2(NC(=O)c3cccc(S(=O)(=O)N(C)c4c(C)n(C)n(-c5ccccc5)c4=O)c3)CCCCC2)ccc1Br. The summed E-state index contributed by atoms with van der Waals surface area (Å²) in [6.45, 7) is 3.74. The van der Waals surface area contributed by atoms with Crippen LogP contribution in [0.15, 0.2) is 87.0 Å². The van der Waals surface area contributed by atoms with E-state index in [9.17, 15) is 18.0 Å². The molecule has 1 heterocycles. The van der Waals surface area contributed by atoms with Gasteiger partial charge in [0.15, 0.2) is 0 Å². The molecule has 0 radical (unpaired) electrons. The van der Waals surface area contributed by atoms with Gasteiger partial charge < -0.3 is 5.32 Å². The van der Waals surface area contributed by atoms with Gasteiger partial charge in [-0.1, -0.05) is 71.6 Å². The van der Waals surface area contributed by atoms with Gasteiger partial charge in [-0.15, -0.1) is 0 Å². The number of carbonyl (C=O) groups is 1. The predicted molar refractivity (Wildman–Crippen MR) is 169 cm³/mol. The maximum absolute atomic E-state index is 13.8. The molecule has 1 aliphatic carbocycles. The Morgan fingerprint density at radius 1 is 0.952 bits per heavy atom. The number of carbonyl (C=O) groups excluding carboxylic acids is 1. The summed E-state index contributed by atoms with van der Waals surface area (Å²) in [5, 5.41) is 3.28. The number of halogens is 1. The molecule has 0 bridgehead atoms. The number of para-hydroxylation sites is 1. The molecule has 1 N–H and O–H groups in total. The Bertz CT molecular complexity index is 1810. The Morgan fingerprint density at radius 3 is 2.31 bits per heavy atom. The van der Waals surface area contributed by atoms with Crippen molar-refractivity contribution < 1.29 is 13.2 Å². The minimum atomic E-state index is -4.17. The lowest BCUT2D eigenvalue weighted by atomic mass is 9.76. The number of benzene rings is 3. The topological polar surface area (TPSA) is 93.4 Å². The fraction of sp³-hybridized carbons (Fsp3) is 0.312. The highest BCUT2D eigenvalue weighted by Crippen LogP contribution is 2.39. The van der Waals surface area contributed by atoms with Crippen molar-refractivity contribution in [3.63, 3.8) is 0 Å². The first-order chi connectivity index (χ1) is 20.0. The number of hydrogen-bond donors (Lipinski definition) is 1. The van der Waals surface area contributed by atoms with Crippen LogP contribution in [0.5, 0.6) is 0 Å². The molecular formula is C32H35BrN4O4S. The molecule has 1 aromatic heterocycles. The van der Waals surface area contributed by atoms with Crippen molar-refractivity contribution in [3.05, 3.63) is 110 Å². The van der Waals surface area contributed by atoms with Crippen LogP contribution in [0.1, 0.15) is 59.3 Å². The van der Waals surface area contributed by atoms with Gasteiger partial charge in [0.25, 0.3) is 21.5 Å². The number of rotatable bonds is 7. The highest BCUT2D eigenvalue weighted by Gasteiger charge is 2.36. The Morgan fingerprint density at radius 2 is 1.64 bits per heavy atom. The summed E-state index contributed by atoms with van der Waals surface area (Å²) >= 11 is 3.57. The highest BCUT2D eigenvalue weighted by molar-refractivity contribution is 9.10. The molecule has 10 heteroatoms. The maximum atomic E-state index is 13.8. The summed E-state index contributed by atoms with van der Waals surface area (Å²) in [6, 6.07) is 21.2. The van der Waals surface area contributed by atoms with Crippen molar-refractivity contribution in [1.82, 2.24) is 14.7 Å². The number of sulfonamides is 1. The highest BCUT2D eigenvalue weighted by atomic mass is 79.9. The van der Waals surface area contributed by atoms with E-state index in [0.29, 0.717) is 11.4 Å². The predicted octanol–water partition coefficient (Wildman–Crippen LogP) is 5.97. The van der Waals surface area contributed by atoms with E-state index < -0.39 is 21.1 Å². The zero-order valence-corrected chi connectivity index (χ0v) is 26.6. The molecule has 42 heavy (non-hydrogen) atoms. The summed E-state index contributed by atoms with van der Waals surface area (Å²) in [7, 11) is -1.08. The lowest BCUT2D eigenvalue weighted by Gasteiger charge is -2.39. The van der Waals surface area contributed by atoms with E-state index in [1.54, 1.807) is 42.9 Å². The second kappa shape index (κ2) is 11.6. The lowest BCUT2D eigenvalue weighted by molar-refractivity contribution is 0.0866. The van der Waals surface area contributed by atoms with Gasteiger partial charge in [-0.25, -0.2) is 13.1 Å². The average Bonchev–Trinajstić information content (AvgIpc) is 3.21. The number of hydrogen-bond acceptors (Lipinski definition) is 4. The molecule has 220 valence electrons. The van der Waals surface area contributed by atoms with Gasteiger partial charge in [0.2, 0.25) is 0 Å². The van der Waals surface area contributed by atoms with Crippen molar-refractivity contribution >= 4 is 37.5 Å². The number of nitrogens with one attached hydrogen (secondary N) is 1. The summed E-state index contributed by atoms with van der Waals surface area (Å²) in [5.41, 5.74) is 2.56. The second-order valence-electron chi connectivity index (χ2n) is 11.0. The molecule has 1 amide bonds. The Balaban J connectivity index is 1.47. The van der Waals surface area contributed by atoms with E-state index >= 15 is 0 Å². The Kier molecular flexibility index (Phi) is 8.22. The van der Waals surface area contributed by atoms with Crippen molar-refractivity contribution in [2.75, 3.05) is 11.4 Å². The Hall–Kier alpha value is -3.63. The first kappa shape index (κ1) is 29.8. The number of aryl methyl sites for hydroxylation is 1. The van der Waals surface area contributed by atoms with E-state index in [0.717, 1.165) is 52.0 Å². The molecule has 1 aliphatic rings. The van der Waals surface area contributed by atoms with Gasteiger partial charge in [0.1, 0.15) is 5.69 Å². The third-order valence-corrected chi connectivity index (χ3v) is 11.0. The summed E-state index contributed by atoms with van der Waals surface area (Å²) < 4.78 is 32.8. The summed E-state index contributed by atoms with van der Waals surface area (Å²) in [6.07, 6.45) is 4.71. The van der Waals surface area contributed by atoms with Crippen LogP contribution in [-0.4, -0.2) is 30.7 Å². The largest absolute Gasteiger partial charge is 0.343 e. The van der Waals surface area contributed by atoms with Gasteiger partial charge in [-0.2, -0.15) is 0 Å². The minimum absolute atomic E-state index is 0.0444. The van der Waals surface area contributed by atoms with Gasteiger partial charge in [0.05, 0.1) is 21.8 Å². The van der Waals surface area contributed by atoms with E-state index in [-0.39, 0.29) is 22.1 Å². The fourth-order valence-electron chi connectivity index (χ4n) is 5.87. The molecule has 4 aromatic rings. The summed E-state index contributed by atoms with van der Waals surface area (Å²) in [4.78, 5) is 27.1. The van der Waals surface area contributed by atoms with Crippen LogP contribution in [0.25, 0.3) is 5.69 Å². The average molecular weight is 652 g/mol. The number of anilines is 1. The maximum Gasteiger partial charge on any atom is 0.296 e. The number of nitrogens with zero attached hydrogens (tertiary/aromatic N) is 3. The molecule has 3 aromatic carbocycles. The fourth-order valence-corrected chi connectivity index (χ4v) is 7.41. The van der Waals surface area contributed by atoms with Crippen LogP contribution < -0.4 is 15.2 Å². The molecule has 0 atom stereocenters. The van der Waals surface area contributed by atoms with Gasteiger partial charge in [0, 0.05) is 24.1 Å². The van der Waals surface area contributed by atoms with E-state index in [4.69, 9.17) is 0 Å². The van der Waals surface area contributed by atoms with Gasteiger partial charge >= 0.3 is 0 Å². The molecular weight excluding hydrogens is 616 g/mol. The molecule has 8 nitrogen and oxygen atoms in total. The lowest BCUT2D eigenvalue weighted by Crippen LogP contribution is -2.47. The van der Waals surface area contributed by atoms with Crippen molar-refractivity contribution in [1.29, 1.82) is 0 Å². The normalized spacial score (nSPS) is 14.9. The number of amides is 1. The van der Waals surface area contributed by atoms with E-state index in [1.165, 1.54) is 23.9 Å². The van der Waals surface area contributed by atoms with Crippen LogP contribution in [0.4, 0.5) is 5.69 Å². The Labute approximate surface area is 255 Å². The third-order valence-electron chi connectivity index (χ3n) is 8.36. The van der Waals surface area contributed by atoms with Crippen molar-refractivity contribution in [3.8, 4) is 5.69 Å². The van der Waals surface area contributed by atoms with Crippen LogP contribution in [0, 0.1) is 13.8 Å². The monoisotopic (exact) mass is 650 g/mol. The molecule has 5 rings (SSSR count). The molecule has 0 saturated heterocycles. The van der Waals surface area contributed by atoms with Crippen LogP contribution in [0.3, 0.4) is 0 Å². The van der Waals surface area contributed by atoms with E-state index in [2.05, 4.69) is 27.3 Å². The summed E-state index contributed by atoms with van der Waals surface area (Å²) in [5.74, 6) is -0.334. The molecule has 1 fully saturated rings. The van der Waals surface area contributed by atoms with Crippen LogP contribution >= 0.6 is 15.9 Å². The number of aromatic nitrogens is 2. The van der Waals surface area contributed by atoms with E-state index in [1.807, 2.05) is 37.3 Å². The molecule has 1 saturated carbocycles. The smallest absolute Gasteiger partial charge is 0.296 e. The van der Waals surface area contributed by atoms with Gasteiger partial charge in [-0.05, 0) is 74.2 Å². The van der Waals surface area contributed by atoms with Crippen molar-refractivity contribution in [2.24, 2.45) is 7.05 Å². The standard InChI is InChI=1S/C32H35BrN4O4S/c1-22-20-25(16-17-28(22)33)32(18-9-6-10-19-32)34-30(38)24-12-11-15-27(21-24)42(40,41)36(4)29-23(2)35(3)37(31(29)39)26-13-7-5-8-14-26/h5,7-8,11-17,20-21H,6,9-10,18-19H2,1-4H3,(H,34,38). The molecule has 0 aliphatic heterocycles. The third kappa shape index (κ3) is 5.33. The zero-order valence-electron chi connectivity index (χ0n) is 24.2. The van der Waals surface area contributed by atoms with Gasteiger partial charge in [-0.3, -0.25) is 18.6 Å². The first-order valence-corrected chi connectivity index (χ1v) is 16.2. The zero-order chi connectivity index (χ0) is 30.2. The van der Waals surface area contributed by atoms with Crippen LogP contribution in [0.2, 0.25) is 0 Å². The second-order valence-corrected chi connectivity index (χ2v) is 13.8.